The van der Waals surface area contributed by atoms with Crippen LogP contribution in [0, 0.1) is 0 Å². The highest BCUT2D eigenvalue weighted by molar-refractivity contribution is 7.19. The second-order valence-electron chi connectivity index (χ2n) is 10.9. The van der Waals surface area contributed by atoms with Crippen LogP contribution in [-0.2, 0) is 9.47 Å². The molecule has 0 bridgehead atoms. The fraction of sp³-hybridized carbons (Fsp3) is 0.303. The number of fused-ring (bicyclic) bond motifs is 2. The van der Waals surface area contributed by atoms with Gasteiger partial charge in [0.2, 0.25) is 4.96 Å². The number of methoxy groups -OCH3 is 1. The number of hydrogen-bond acceptors (Lipinski definition) is 10. The Labute approximate surface area is 263 Å². The van der Waals surface area contributed by atoms with E-state index in [2.05, 4.69) is 39.5 Å². The van der Waals surface area contributed by atoms with Crippen LogP contribution in [0.3, 0.4) is 0 Å². The average Bonchev–Trinajstić information content (AvgIpc) is 3.79. The largest absolute Gasteiger partial charge is 0.385 e. The third-order valence-corrected chi connectivity index (χ3v) is 8.92. The molecule has 0 N–H and O–H groups in total. The predicted octanol–water partition coefficient (Wildman–Crippen LogP) is 5.55. The van der Waals surface area contributed by atoms with Crippen molar-refractivity contribution in [2.24, 2.45) is 0 Å². The Bertz CT molecular complexity index is 1880. The minimum Gasteiger partial charge on any atom is -0.385 e. The lowest BCUT2D eigenvalue weighted by Gasteiger charge is -2.34. The van der Waals surface area contributed by atoms with Gasteiger partial charge in [-0.05, 0) is 67.3 Å². The lowest BCUT2D eigenvalue weighted by Crippen LogP contribution is -2.37. The summed E-state index contributed by atoms with van der Waals surface area (Å²) < 4.78 is 13.1. The van der Waals surface area contributed by atoms with Gasteiger partial charge in [-0.1, -0.05) is 52.6 Å². The van der Waals surface area contributed by atoms with E-state index in [-0.39, 0.29) is 0 Å². The van der Waals surface area contributed by atoms with E-state index in [9.17, 15) is 4.79 Å². The van der Waals surface area contributed by atoms with Crippen molar-refractivity contribution in [3.8, 4) is 21.8 Å². The molecule has 0 spiro atoms. The van der Waals surface area contributed by atoms with Crippen LogP contribution in [-0.4, -0.2) is 75.2 Å². The van der Waals surface area contributed by atoms with Gasteiger partial charge in [-0.3, -0.25) is 0 Å². The predicted molar refractivity (Wildman–Crippen MR) is 172 cm³/mol. The first-order chi connectivity index (χ1) is 22.2. The van der Waals surface area contributed by atoms with Crippen molar-refractivity contribution >= 4 is 39.0 Å². The average molecular weight is 624 g/mol. The summed E-state index contributed by atoms with van der Waals surface area (Å²) in [6.07, 6.45) is 6.32. The van der Waals surface area contributed by atoms with Crippen LogP contribution in [0.25, 0.3) is 37.8 Å². The van der Waals surface area contributed by atoms with Gasteiger partial charge in [0.05, 0.1) is 23.6 Å². The van der Waals surface area contributed by atoms with Gasteiger partial charge in [0.15, 0.2) is 0 Å². The van der Waals surface area contributed by atoms with E-state index in [0.717, 1.165) is 83.6 Å². The van der Waals surface area contributed by atoms with E-state index in [1.54, 1.807) is 42.7 Å². The number of anilines is 1. The van der Waals surface area contributed by atoms with Gasteiger partial charge in [0.25, 0.3) is 0 Å². The number of carbonyl (C=O) groups is 1. The minimum absolute atomic E-state index is 0.311. The number of piperidine rings is 1. The Balaban J connectivity index is 1.01. The summed E-state index contributed by atoms with van der Waals surface area (Å²) in [6, 6.07) is 22.9. The number of para-hydroxylation sites is 2. The molecule has 1 fully saturated rings. The third-order valence-electron chi connectivity index (χ3n) is 7.96. The second-order valence-corrected chi connectivity index (χ2v) is 11.9. The molecule has 0 radical (unpaired) electrons. The van der Waals surface area contributed by atoms with E-state index >= 15 is 0 Å². The molecule has 230 valence electrons. The third kappa shape index (κ3) is 6.30. The number of imidazole rings is 1. The van der Waals surface area contributed by atoms with Crippen molar-refractivity contribution in [1.29, 1.82) is 0 Å². The van der Waals surface area contributed by atoms with Gasteiger partial charge < -0.3 is 19.2 Å². The van der Waals surface area contributed by atoms with Crippen molar-refractivity contribution in [3.63, 3.8) is 0 Å². The second kappa shape index (κ2) is 13.1. The molecule has 12 heteroatoms. The minimum atomic E-state index is -0.525. The molecule has 4 heterocycles. The summed E-state index contributed by atoms with van der Waals surface area (Å²) >= 11 is 1.56. The van der Waals surface area contributed by atoms with Crippen LogP contribution in [0.4, 0.5) is 5.69 Å². The molecular formula is C33H33N7O4S. The Morgan fingerprint density at radius 2 is 1.73 bits per heavy atom. The summed E-state index contributed by atoms with van der Waals surface area (Å²) in [5, 5.41) is 13.8. The maximum Gasteiger partial charge on any atom is 0.365 e. The Morgan fingerprint density at radius 1 is 0.956 bits per heavy atom. The molecule has 6 aromatic rings. The van der Waals surface area contributed by atoms with Gasteiger partial charge in [0.1, 0.15) is 16.0 Å². The first kappa shape index (κ1) is 29.1. The van der Waals surface area contributed by atoms with E-state index < -0.39 is 5.97 Å². The van der Waals surface area contributed by atoms with E-state index in [0.29, 0.717) is 22.7 Å². The molecule has 0 saturated carbocycles. The highest BCUT2D eigenvalue weighted by Crippen LogP contribution is 2.36. The van der Waals surface area contributed by atoms with Gasteiger partial charge in [-0.2, -0.15) is 5.10 Å². The van der Waals surface area contributed by atoms with Crippen molar-refractivity contribution in [3.05, 3.63) is 84.6 Å². The zero-order valence-electron chi connectivity index (χ0n) is 24.9. The number of rotatable bonds is 11. The number of nitrogens with zero attached hydrogens (tertiary/aromatic N) is 7. The number of benzene rings is 3. The quantitative estimate of drug-likeness (QED) is 0.136. The lowest BCUT2D eigenvalue weighted by atomic mass is 10.0. The summed E-state index contributed by atoms with van der Waals surface area (Å²) in [4.78, 5) is 27.4. The maximum absolute atomic E-state index is 12.8. The molecule has 0 unspecified atom stereocenters. The highest BCUT2D eigenvalue weighted by Gasteiger charge is 2.23. The Hall–Kier alpha value is -4.65. The molecule has 7 rings (SSSR count). The summed E-state index contributed by atoms with van der Waals surface area (Å²) in [6.45, 7) is 3.48. The normalized spacial score (nSPS) is 14.0. The van der Waals surface area contributed by atoms with Crippen LogP contribution < -0.4 is 9.74 Å². The Morgan fingerprint density at radius 3 is 2.56 bits per heavy atom. The molecule has 0 amide bonds. The van der Waals surface area contributed by atoms with Gasteiger partial charge in [0, 0.05) is 50.2 Å². The molecule has 1 aliphatic heterocycles. The summed E-state index contributed by atoms with van der Waals surface area (Å²) in [5.74, 6) is -0.525. The summed E-state index contributed by atoms with van der Waals surface area (Å²) in [5.41, 5.74) is 5.62. The monoisotopic (exact) mass is 623 g/mol. The molecule has 1 aliphatic rings. The molecule has 3 aromatic carbocycles. The number of carbonyl (C=O) groups excluding carboxylic acids is 1. The summed E-state index contributed by atoms with van der Waals surface area (Å²) in [7, 11) is 1.74. The van der Waals surface area contributed by atoms with Crippen LogP contribution in [0.2, 0.25) is 0 Å². The van der Waals surface area contributed by atoms with Crippen molar-refractivity contribution in [2.75, 3.05) is 38.3 Å². The highest BCUT2D eigenvalue weighted by atomic mass is 32.1. The molecule has 0 atom stereocenters. The fourth-order valence-electron chi connectivity index (χ4n) is 5.56. The maximum atomic E-state index is 12.8. The SMILES string of the molecule is COCCCCOC1CCN(c2ccccc2-c2nn3cc(-c4ccc(C(=O)On5nnc6ccccc65)cc4)nc3s2)CC1. The van der Waals surface area contributed by atoms with Crippen LogP contribution in [0.15, 0.2) is 79.0 Å². The van der Waals surface area contributed by atoms with E-state index in [1.165, 1.54) is 5.69 Å². The van der Waals surface area contributed by atoms with E-state index in [1.807, 2.05) is 35.0 Å². The first-order valence-electron chi connectivity index (χ1n) is 15.1. The molecule has 1 saturated heterocycles. The Kier molecular flexibility index (Phi) is 8.50. The van der Waals surface area contributed by atoms with Gasteiger partial charge in [-0.25, -0.2) is 14.3 Å². The zero-order valence-corrected chi connectivity index (χ0v) is 25.7. The molecule has 3 aromatic heterocycles. The molecule has 45 heavy (non-hydrogen) atoms. The van der Waals surface area contributed by atoms with Crippen LogP contribution >= 0.6 is 11.3 Å². The first-order valence-corrected chi connectivity index (χ1v) is 15.9. The topological polar surface area (TPSA) is 109 Å². The number of unbranched alkanes of at least 4 members (excludes halogenated alkanes) is 1. The standard InChI is InChI=1S/C33H33N7O4S/c1-42-20-6-7-21-43-25-16-18-38(19-17-25)29-10-4-2-8-26(29)31-36-39-22-28(34-33(39)45-31)23-12-14-24(15-13-23)32(41)44-40-30-11-5-3-9-27(30)35-37-40/h2-5,8-15,22,25H,6-7,16-21H2,1H3. The van der Waals surface area contributed by atoms with Crippen LogP contribution in [0.5, 0.6) is 0 Å². The van der Waals surface area contributed by atoms with Gasteiger partial charge >= 0.3 is 5.97 Å². The van der Waals surface area contributed by atoms with Crippen molar-refractivity contribution in [2.45, 2.75) is 31.8 Å². The van der Waals surface area contributed by atoms with Crippen molar-refractivity contribution < 1.29 is 19.1 Å². The zero-order chi connectivity index (χ0) is 30.6. The molecular weight excluding hydrogens is 590 g/mol. The number of hydrogen-bond donors (Lipinski definition) is 0. The lowest BCUT2D eigenvalue weighted by molar-refractivity contribution is 0.0322. The van der Waals surface area contributed by atoms with Crippen molar-refractivity contribution in [1.82, 2.24) is 29.8 Å². The number of ether oxygens (including phenoxy) is 2. The fourth-order valence-corrected chi connectivity index (χ4v) is 6.48. The van der Waals surface area contributed by atoms with Crippen LogP contribution in [0.1, 0.15) is 36.0 Å². The van der Waals surface area contributed by atoms with Gasteiger partial charge in [-0.15, -0.1) is 5.10 Å². The molecule has 11 nitrogen and oxygen atoms in total. The number of aromatic nitrogens is 6. The van der Waals surface area contributed by atoms with E-state index in [4.69, 9.17) is 24.4 Å². The molecule has 0 aliphatic carbocycles. The smallest absolute Gasteiger partial charge is 0.365 e.